The second-order valence-electron chi connectivity index (χ2n) is 2.97. The van der Waals surface area contributed by atoms with E-state index in [1.54, 1.807) is 6.20 Å². The van der Waals surface area contributed by atoms with Crippen molar-refractivity contribution in [1.82, 2.24) is 20.4 Å². The molecule has 84 valence electrons. The van der Waals surface area contributed by atoms with Gasteiger partial charge in [0.05, 0.1) is 22.9 Å². The molecule has 4 nitrogen and oxygen atoms in total. The SMILES string of the molecule is CCNC(=S)NCc1c(Br)cnn1CC. The molecule has 0 aromatic carbocycles. The van der Waals surface area contributed by atoms with Gasteiger partial charge in [0.25, 0.3) is 0 Å². The molecular formula is C9H15BrN4S. The van der Waals surface area contributed by atoms with Crippen LogP contribution < -0.4 is 10.6 Å². The van der Waals surface area contributed by atoms with E-state index >= 15 is 0 Å². The van der Waals surface area contributed by atoms with E-state index in [2.05, 4.69) is 38.6 Å². The summed E-state index contributed by atoms with van der Waals surface area (Å²) in [4.78, 5) is 0. The first-order valence-corrected chi connectivity index (χ1v) is 6.11. The van der Waals surface area contributed by atoms with Crippen molar-refractivity contribution in [2.24, 2.45) is 0 Å². The van der Waals surface area contributed by atoms with Gasteiger partial charge in [-0.1, -0.05) is 0 Å². The monoisotopic (exact) mass is 290 g/mol. The smallest absolute Gasteiger partial charge is 0.166 e. The largest absolute Gasteiger partial charge is 0.363 e. The van der Waals surface area contributed by atoms with Crippen LogP contribution in [0.3, 0.4) is 0 Å². The zero-order valence-electron chi connectivity index (χ0n) is 8.88. The first-order chi connectivity index (χ1) is 7.19. The summed E-state index contributed by atoms with van der Waals surface area (Å²) in [6.45, 7) is 6.45. The van der Waals surface area contributed by atoms with Gasteiger partial charge in [-0.15, -0.1) is 0 Å². The molecule has 0 amide bonds. The highest BCUT2D eigenvalue weighted by Crippen LogP contribution is 2.15. The highest BCUT2D eigenvalue weighted by atomic mass is 79.9. The zero-order valence-corrected chi connectivity index (χ0v) is 11.3. The predicted octanol–water partition coefficient (Wildman–Crippen LogP) is 1.65. The van der Waals surface area contributed by atoms with Crippen molar-refractivity contribution < 1.29 is 0 Å². The van der Waals surface area contributed by atoms with Gasteiger partial charge in [0.1, 0.15) is 0 Å². The summed E-state index contributed by atoms with van der Waals surface area (Å²) in [6, 6.07) is 0. The number of aryl methyl sites for hydroxylation is 1. The first kappa shape index (κ1) is 12.4. The van der Waals surface area contributed by atoms with Crippen molar-refractivity contribution >= 4 is 33.3 Å². The van der Waals surface area contributed by atoms with Crippen LogP contribution in [0, 0.1) is 0 Å². The molecule has 6 heteroatoms. The van der Waals surface area contributed by atoms with E-state index in [1.165, 1.54) is 0 Å². The molecule has 0 saturated heterocycles. The Bertz CT molecular complexity index is 337. The molecule has 1 aromatic rings. The van der Waals surface area contributed by atoms with Gasteiger partial charge < -0.3 is 10.6 Å². The van der Waals surface area contributed by atoms with E-state index in [4.69, 9.17) is 12.2 Å². The first-order valence-electron chi connectivity index (χ1n) is 4.90. The van der Waals surface area contributed by atoms with E-state index in [0.717, 1.165) is 23.3 Å². The molecule has 0 atom stereocenters. The Morgan fingerprint density at radius 3 is 2.87 bits per heavy atom. The third-order valence-corrected chi connectivity index (χ3v) is 2.90. The summed E-state index contributed by atoms with van der Waals surface area (Å²) >= 11 is 8.54. The van der Waals surface area contributed by atoms with Crippen molar-refractivity contribution in [1.29, 1.82) is 0 Å². The summed E-state index contributed by atoms with van der Waals surface area (Å²) in [5.74, 6) is 0. The maximum atomic E-state index is 5.08. The average Bonchev–Trinajstić information content (AvgIpc) is 2.57. The van der Waals surface area contributed by atoms with Crippen LogP contribution in [0.1, 0.15) is 19.5 Å². The van der Waals surface area contributed by atoms with Crippen LogP contribution in [0.2, 0.25) is 0 Å². The maximum Gasteiger partial charge on any atom is 0.166 e. The third-order valence-electron chi connectivity index (χ3n) is 1.95. The molecule has 0 aliphatic rings. The van der Waals surface area contributed by atoms with Gasteiger partial charge in [0, 0.05) is 13.1 Å². The topological polar surface area (TPSA) is 41.9 Å². The van der Waals surface area contributed by atoms with Crippen LogP contribution in [0.4, 0.5) is 0 Å². The minimum atomic E-state index is 0.674. The number of aromatic nitrogens is 2. The van der Waals surface area contributed by atoms with Gasteiger partial charge in [-0.3, -0.25) is 4.68 Å². The average molecular weight is 291 g/mol. The fourth-order valence-electron chi connectivity index (χ4n) is 1.22. The molecule has 0 radical (unpaired) electrons. The minimum absolute atomic E-state index is 0.674. The molecular weight excluding hydrogens is 276 g/mol. The molecule has 15 heavy (non-hydrogen) atoms. The molecule has 0 saturated carbocycles. The fourth-order valence-corrected chi connectivity index (χ4v) is 1.88. The lowest BCUT2D eigenvalue weighted by molar-refractivity contribution is 0.611. The van der Waals surface area contributed by atoms with Gasteiger partial charge in [-0.2, -0.15) is 5.10 Å². The molecule has 0 spiro atoms. The molecule has 2 N–H and O–H groups in total. The van der Waals surface area contributed by atoms with Crippen molar-refractivity contribution in [2.75, 3.05) is 6.54 Å². The van der Waals surface area contributed by atoms with Crippen LogP contribution >= 0.6 is 28.1 Å². The molecule has 0 bridgehead atoms. The quantitative estimate of drug-likeness (QED) is 0.828. The normalized spacial score (nSPS) is 10.1. The van der Waals surface area contributed by atoms with E-state index < -0.39 is 0 Å². The molecule has 0 fully saturated rings. The van der Waals surface area contributed by atoms with Crippen LogP contribution in [0.5, 0.6) is 0 Å². The van der Waals surface area contributed by atoms with Gasteiger partial charge in [0.2, 0.25) is 0 Å². The lowest BCUT2D eigenvalue weighted by Crippen LogP contribution is -2.35. The molecule has 0 unspecified atom stereocenters. The second kappa shape index (κ2) is 6.07. The Balaban J connectivity index is 2.56. The van der Waals surface area contributed by atoms with Gasteiger partial charge in [-0.05, 0) is 42.0 Å². The van der Waals surface area contributed by atoms with E-state index in [9.17, 15) is 0 Å². The van der Waals surface area contributed by atoms with E-state index in [1.807, 2.05) is 11.6 Å². The minimum Gasteiger partial charge on any atom is -0.363 e. The number of nitrogens with one attached hydrogen (secondary N) is 2. The van der Waals surface area contributed by atoms with Crippen LogP contribution in [-0.2, 0) is 13.1 Å². The fraction of sp³-hybridized carbons (Fsp3) is 0.556. The number of hydrogen-bond acceptors (Lipinski definition) is 2. The third kappa shape index (κ3) is 3.46. The Hall–Kier alpha value is -0.620. The molecule has 1 rings (SSSR count). The Labute approximate surface area is 104 Å². The summed E-state index contributed by atoms with van der Waals surface area (Å²) in [5, 5.41) is 11.1. The van der Waals surface area contributed by atoms with Gasteiger partial charge in [0.15, 0.2) is 5.11 Å². The number of nitrogens with zero attached hydrogens (tertiary/aromatic N) is 2. The molecule has 0 aliphatic heterocycles. The van der Waals surface area contributed by atoms with E-state index in [-0.39, 0.29) is 0 Å². The van der Waals surface area contributed by atoms with Crippen LogP contribution in [0.15, 0.2) is 10.7 Å². The van der Waals surface area contributed by atoms with Crippen LogP contribution in [0.25, 0.3) is 0 Å². The highest BCUT2D eigenvalue weighted by molar-refractivity contribution is 9.10. The predicted molar refractivity (Wildman–Crippen MR) is 68.7 cm³/mol. The summed E-state index contributed by atoms with van der Waals surface area (Å²) < 4.78 is 2.95. The summed E-state index contributed by atoms with van der Waals surface area (Å²) in [6.07, 6.45) is 1.80. The lowest BCUT2D eigenvalue weighted by atomic mass is 10.4. The van der Waals surface area contributed by atoms with Crippen molar-refractivity contribution in [3.05, 3.63) is 16.4 Å². The number of halogens is 1. The standard InChI is InChI=1S/C9H15BrN4S/c1-3-11-9(15)12-6-8-7(10)5-13-14(8)4-2/h5H,3-4,6H2,1-2H3,(H2,11,12,15). The summed E-state index contributed by atoms with van der Waals surface area (Å²) in [7, 11) is 0. The Morgan fingerprint density at radius 1 is 1.53 bits per heavy atom. The zero-order chi connectivity index (χ0) is 11.3. The number of thiocarbonyl (C=S) groups is 1. The van der Waals surface area contributed by atoms with E-state index in [0.29, 0.717) is 11.7 Å². The molecule has 1 heterocycles. The second-order valence-corrected chi connectivity index (χ2v) is 4.23. The van der Waals surface area contributed by atoms with Gasteiger partial charge in [-0.25, -0.2) is 0 Å². The Kier molecular flexibility index (Phi) is 5.04. The van der Waals surface area contributed by atoms with Gasteiger partial charge >= 0.3 is 0 Å². The van der Waals surface area contributed by atoms with Crippen LogP contribution in [-0.4, -0.2) is 21.4 Å². The highest BCUT2D eigenvalue weighted by Gasteiger charge is 2.07. The van der Waals surface area contributed by atoms with Crippen molar-refractivity contribution in [3.8, 4) is 0 Å². The molecule has 0 aliphatic carbocycles. The maximum absolute atomic E-state index is 5.08. The Morgan fingerprint density at radius 2 is 2.27 bits per heavy atom. The summed E-state index contributed by atoms with van der Waals surface area (Å²) in [5.41, 5.74) is 1.11. The van der Waals surface area contributed by atoms with Crippen molar-refractivity contribution in [2.45, 2.75) is 26.9 Å². The number of rotatable bonds is 4. The molecule has 1 aromatic heterocycles. The lowest BCUT2D eigenvalue weighted by Gasteiger charge is -2.10. The van der Waals surface area contributed by atoms with Crippen molar-refractivity contribution in [3.63, 3.8) is 0 Å². The number of hydrogen-bond donors (Lipinski definition) is 2.